The molecule has 0 aromatic heterocycles. The maximum Gasteiger partial charge on any atom is 0.244 e. The number of carbonyl (C=O) groups excluding carboxylic acids is 2. The number of hydrogen-bond acceptors (Lipinski definition) is 4. The summed E-state index contributed by atoms with van der Waals surface area (Å²) in [6.07, 6.45) is 1.20. The van der Waals surface area contributed by atoms with Crippen molar-refractivity contribution in [3.63, 3.8) is 0 Å². The molecule has 0 aliphatic heterocycles. The summed E-state index contributed by atoms with van der Waals surface area (Å²) in [5.74, 6) is -0.980. The molecule has 0 aliphatic rings. The number of hydrogen-bond donors (Lipinski definition) is 1. The molecule has 0 radical (unpaired) electrons. The molecule has 0 spiro atoms. The van der Waals surface area contributed by atoms with Crippen molar-refractivity contribution in [1.29, 1.82) is 0 Å². The molecule has 3 aromatic rings. The van der Waals surface area contributed by atoms with Crippen LogP contribution in [0.1, 0.15) is 18.1 Å². The molecule has 0 unspecified atom stereocenters. The SMILES string of the molecule is CCNC(=O)[C@@H](Cc1ccccc1)N(Cc1ccc(Cl)cc1Cl)C(=O)CN(c1ccccc1Cl)S(C)(=O)=O. The van der Waals surface area contributed by atoms with Gasteiger partial charge in [-0.15, -0.1) is 0 Å². The zero-order valence-corrected chi connectivity index (χ0v) is 24.0. The van der Waals surface area contributed by atoms with Crippen molar-refractivity contribution in [1.82, 2.24) is 10.2 Å². The van der Waals surface area contributed by atoms with Gasteiger partial charge in [-0.05, 0) is 42.3 Å². The third kappa shape index (κ3) is 7.86. The van der Waals surface area contributed by atoms with Crippen LogP contribution in [0, 0.1) is 0 Å². The lowest BCUT2D eigenvalue weighted by atomic mass is 10.0. The number of amides is 2. The normalized spacial score (nSPS) is 12.0. The summed E-state index contributed by atoms with van der Waals surface area (Å²) >= 11 is 18.8. The van der Waals surface area contributed by atoms with Gasteiger partial charge in [0.05, 0.1) is 17.0 Å². The van der Waals surface area contributed by atoms with Gasteiger partial charge in [-0.2, -0.15) is 0 Å². The Hall–Kier alpha value is -2.78. The second-order valence-electron chi connectivity index (χ2n) is 8.58. The summed E-state index contributed by atoms with van der Waals surface area (Å²) in [4.78, 5) is 28.6. The minimum Gasteiger partial charge on any atom is -0.355 e. The number of anilines is 1. The minimum atomic E-state index is -3.91. The maximum atomic E-state index is 13.9. The fourth-order valence-electron chi connectivity index (χ4n) is 3.93. The Morgan fingerprint density at radius 2 is 1.58 bits per heavy atom. The van der Waals surface area contributed by atoms with Crippen molar-refractivity contribution in [2.75, 3.05) is 23.7 Å². The largest absolute Gasteiger partial charge is 0.355 e. The lowest BCUT2D eigenvalue weighted by Gasteiger charge is -2.33. The Morgan fingerprint density at radius 3 is 2.18 bits per heavy atom. The van der Waals surface area contributed by atoms with Crippen molar-refractivity contribution >= 4 is 62.3 Å². The van der Waals surface area contributed by atoms with Crippen LogP contribution in [0.15, 0.2) is 72.8 Å². The lowest BCUT2D eigenvalue weighted by Crippen LogP contribution is -2.53. The first-order chi connectivity index (χ1) is 18.0. The molecule has 2 amide bonds. The van der Waals surface area contributed by atoms with Crippen LogP contribution < -0.4 is 9.62 Å². The molecule has 0 fully saturated rings. The standard InChI is InChI=1S/C27H28Cl3N3O4S/c1-3-31-27(35)25(15-19-9-5-4-6-10-19)32(17-20-13-14-21(28)16-23(20)30)26(34)18-33(38(2,36)37)24-12-8-7-11-22(24)29/h4-14,16,25H,3,15,17-18H2,1-2H3,(H,31,35)/t25-/m1/s1. The Morgan fingerprint density at radius 1 is 0.921 bits per heavy atom. The zero-order chi connectivity index (χ0) is 27.9. The highest BCUT2D eigenvalue weighted by molar-refractivity contribution is 7.92. The number of nitrogens with zero attached hydrogens (tertiary/aromatic N) is 2. The second-order valence-corrected chi connectivity index (χ2v) is 11.7. The third-order valence-electron chi connectivity index (χ3n) is 5.78. The Bertz CT molecular complexity index is 1390. The number of likely N-dealkylation sites (N-methyl/N-ethyl adjacent to an activating group) is 1. The van der Waals surface area contributed by atoms with Crippen LogP contribution in [-0.2, 0) is 32.6 Å². The van der Waals surface area contributed by atoms with Gasteiger partial charge in [0.25, 0.3) is 0 Å². The molecule has 0 bridgehead atoms. The summed E-state index contributed by atoms with van der Waals surface area (Å²) < 4.78 is 26.5. The fraction of sp³-hybridized carbons (Fsp3) is 0.259. The van der Waals surface area contributed by atoms with E-state index in [9.17, 15) is 18.0 Å². The van der Waals surface area contributed by atoms with E-state index in [0.29, 0.717) is 22.2 Å². The average molecular weight is 597 g/mol. The molecule has 0 aliphatic carbocycles. The summed E-state index contributed by atoms with van der Waals surface area (Å²) in [7, 11) is -3.91. The minimum absolute atomic E-state index is 0.0520. The van der Waals surface area contributed by atoms with Gasteiger partial charge in [0, 0.05) is 29.6 Å². The van der Waals surface area contributed by atoms with Crippen LogP contribution in [0.4, 0.5) is 5.69 Å². The van der Waals surface area contributed by atoms with Crippen LogP contribution in [0.2, 0.25) is 15.1 Å². The van der Waals surface area contributed by atoms with Crippen LogP contribution in [0.25, 0.3) is 0 Å². The molecule has 1 N–H and O–H groups in total. The van der Waals surface area contributed by atoms with Crippen LogP contribution >= 0.6 is 34.8 Å². The summed E-state index contributed by atoms with van der Waals surface area (Å²) in [6.45, 7) is 1.51. The molecular weight excluding hydrogens is 569 g/mol. The Balaban J connectivity index is 2.08. The molecule has 0 heterocycles. The van der Waals surface area contributed by atoms with E-state index < -0.39 is 28.5 Å². The first-order valence-electron chi connectivity index (χ1n) is 11.8. The predicted octanol–water partition coefficient (Wildman–Crippen LogP) is 5.19. The number of halogens is 3. The average Bonchev–Trinajstić information content (AvgIpc) is 2.86. The highest BCUT2D eigenvalue weighted by Gasteiger charge is 2.33. The van der Waals surface area contributed by atoms with E-state index in [0.717, 1.165) is 16.1 Å². The molecule has 3 aromatic carbocycles. The molecule has 11 heteroatoms. The zero-order valence-electron chi connectivity index (χ0n) is 20.9. The second kappa shape index (κ2) is 13.3. The molecule has 38 heavy (non-hydrogen) atoms. The smallest absolute Gasteiger partial charge is 0.244 e. The predicted molar refractivity (Wildman–Crippen MR) is 153 cm³/mol. The first-order valence-corrected chi connectivity index (χ1v) is 14.8. The lowest BCUT2D eigenvalue weighted by molar-refractivity contribution is -0.140. The topological polar surface area (TPSA) is 86.8 Å². The highest BCUT2D eigenvalue weighted by Crippen LogP contribution is 2.28. The van der Waals surface area contributed by atoms with Crippen molar-refractivity contribution in [2.24, 2.45) is 0 Å². The van der Waals surface area contributed by atoms with Crippen molar-refractivity contribution < 1.29 is 18.0 Å². The fourth-order valence-corrected chi connectivity index (χ4v) is 5.55. The first kappa shape index (κ1) is 29.8. The van der Waals surface area contributed by atoms with E-state index in [1.807, 2.05) is 30.3 Å². The van der Waals surface area contributed by atoms with Crippen LogP contribution in [0.5, 0.6) is 0 Å². The van der Waals surface area contributed by atoms with Gasteiger partial charge in [0.15, 0.2) is 0 Å². The van der Waals surface area contributed by atoms with Gasteiger partial charge in [0.1, 0.15) is 12.6 Å². The van der Waals surface area contributed by atoms with Crippen LogP contribution in [0.3, 0.4) is 0 Å². The Labute approximate surface area is 238 Å². The van der Waals surface area contributed by atoms with Gasteiger partial charge >= 0.3 is 0 Å². The van der Waals surface area contributed by atoms with Gasteiger partial charge in [-0.1, -0.05) is 83.3 Å². The number of carbonyl (C=O) groups is 2. The van der Waals surface area contributed by atoms with Crippen molar-refractivity contribution in [3.05, 3.63) is 99.0 Å². The van der Waals surface area contributed by atoms with E-state index in [4.69, 9.17) is 34.8 Å². The summed E-state index contributed by atoms with van der Waals surface area (Å²) in [5, 5.41) is 3.70. The number of benzene rings is 3. The molecule has 202 valence electrons. The van der Waals surface area contributed by atoms with Gasteiger partial charge in [0.2, 0.25) is 21.8 Å². The number of para-hydroxylation sites is 1. The maximum absolute atomic E-state index is 13.9. The number of sulfonamides is 1. The highest BCUT2D eigenvalue weighted by atomic mass is 35.5. The van der Waals surface area contributed by atoms with Gasteiger partial charge in [-0.3, -0.25) is 13.9 Å². The molecule has 1 atom stereocenters. The molecular formula is C27H28Cl3N3O4S. The van der Waals surface area contributed by atoms with Crippen molar-refractivity contribution in [2.45, 2.75) is 25.9 Å². The van der Waals surface area contributed by atoms with E-state index in [-0.39, 0.29) is 29.6 Å². The van der Waals surface area contributed by atoms with Crippen LogP contribution in [-0.4, -0.2) is 50.5 Å². The van der Waals surface area contributed by atoms with E-state index in [2.05, 4.69) is 5.32 Å². The van der Waals surface area contributed by atoms with E-state index in [1.54, 1.807) is 37.3 Å². The Kier molecular flexibility index (Phi) is 10.4. The quantitative estimate of drug-likeness (QED) is 0.330. The van der Waals surface area contributed by atoms with Gasteiger partial charge in [-0.25, -0.2) is 8.42 Å². The summed E-state index contributed by atoms with van der Waals surface area (Å²) in [6, 6.07) is 19.5. The molecule has 3 rings (SSSR count). The van der Waals surface area contributed by atoms with E-state index in [1.165, 1.54) is 17.0 Å². The third-order valence-corrected chi connectivity index (χ3v) is 7.81. The number of nitrogens with one attached hydrogen (secondary N) is 1. The van der Waals surface area contributed by atoms with E-state index >= 15 is 0 Å². The summed E-state index contributed by atoms with van der Waals surface area (Å²) in [5.41, 5.74) is 1.54. The molecule has 0 saturated heterocycles. The number of rotatable bonds is 11. The molecule has 7 nitrogen and oxygen atoms in total. The van der Waals surface area contributed by atoms with Gasteiger partial charge < -0.3 is 10.2 Å². The monoisotopic (exact) mass is 595 g/mol. The molecule has 0 saturated carbocycles. The van der Waals surface area contributed by atoms with Crippen molar-refractivity contribution in [3.8, 4) is 0 Å².